The molecule has 8 heteroatoms. The van der Waals surface area contributed by atoms with Crippen LogP contribution >= 0.6 is 23.4 Å². The molecule has 0 radical (unpaired) electrons. The molecule has 1 aromatic heterocycles. The highest BCUT2D eigenvalue weighted by molar-refractivity contribution is 8.00. The van der Waals surface area contributed by atoms with Crippen molar-refractivity contribution in [2.45, 2.75) is 55.0 Å². The van der Waals surface area contributed by atoms with Gasteiger partial charge in [0.05, 0.1) is 16.3 Å². The van der Waals surface area contributed by atoms with E-state index in [1.165, 1.54) is 11.8 Å². The molecule has 1 heterocycles. The van der Waals surface area contributed by atoms with Gasteiger partial charge in [-0.15, -0.1) is 10.2 Å². The van der Waals surface area contributed by atoms with Crippen molar-refractivity contribution in [1.82, 2.24) is 19.7 Å². The maximum absolute atomic E-state index is 13.0. The quantitative estimate of drug-likeness (QED) is 0.678. The molecule has 3 rings (SSSR count). The van der Waals surface area contributed by atoms with E-state index < -0.39 is 5.54 Å². The van der Waals surface area contributed by atoms with Gasteiger partial charge < -0.3 is 9.47 Å². The Kier molecular flexibility index (Phi) is 6.31. The molecule has 1 aliphatic carbocycles. The number of amides is 1. The molecule has 1 amide bonds. The second kappa shape index (κ2) is 8.54. The van der Waals surface area contributed by atoms with Crippen LogP contribution in [0.2, 0.25) is 5.02 Å². The average molecular weight is 418 g/mol. The van der Waals surface area contributed by atoms with E-state index in [4.69, 9.17) is 11.6 Å². The number of carbonyl (C=O) groups is 1. The zero-order chi connectivity index (χ0) is 20.3. The van der Waals surface area contributed by atoms with Crippen LogP contribution in [0.3, 0.4) is 0 Å². The number of nitrogens with zero attached hydrogens (tertiary/aromatic N) is 5. The zero-order valence-corrected chi connectivity index (χ0v) is 17.9. The number of aromatic nitrogens is 3. The molecule has 148 valence electrons. The van der Waals surface area contributed by atoms with Crippen molar-refractivity contribution in [3.05, 3.63) is 29.3 Å². The van der Waals surface area contributed by atoms with Gasteiger partial charge in [0.2, 0.25) is 5.91 Å². The second-order valence-electron chi connectivity index (χ2n) is 7.21. The zero-order valence-electron chi connectivity index (χ0n) is 16.4. The second-order valence-corrected chi connectivity index (χ2v) is 8.92. The van der Waals surface area contributed by atoms with E-state index in [0.29, 0.717) is 16.0 Å². The Morgan fingerprint density at radius 2 is 2.00 bits per heavy atom. The van der Waals surface area contributed by atoms with Crippen LogP contribution in [0, 0.1) is 11.3 Å². The largest absolute Gasteiger partial charge is 0.326 e. The summed E-state index contributed by atoms with van der Waals surface area (Å²) >= 11 is 7.62. The number of rotatable bonds is 5. The lowest BCUT2D eigenvalue weighted by Gasteiger charge is -2.40. The molecule has 1 aromatic carbocycles. The molecule has 0 unspecified atom stereocenters. The average Bonchev–Trinajstić information content (AvgIpc) is 3.07. The SMILES string of the molecule is C[C@@H](Sc1nnc(-c2ccccc2Cl)n1C)C(=O)N(C)C1(C#N)CCCCC1. The van der Waals surface area contributed by atoms with Gasteiger partial charge in [0, 0.05) is 19.7 Å². The molecular weight excluding hydrogens is 394 g/mol. The molecular formula is C20H24ClN5OS. The predicted molar refractivity (Wildman–Crippen MR) is 111 cm³/mol. The molecule has 1 atom stereocenters. The Morgan fingerprint density at radius 3 is 2.64 bits per heavy atom. The van der Waals surface area contributed by atoms with E-state index in [0.717, 1.165) is 37.7 Å². The topological polar surface area (TPSA) is 74.8 Å². The van der Waals surface area contributed by atoms with Crippen molar-refractivity contribution in [3.8, 4) is 17.5 Å². The van der Waals surface area contributed by atoms with Crippen molar-refractivity contribution in [2.75, 3.05) is 7.05 Å². The molecule has 1 fully saturated rings. The summed E-state index contributed by atoms with van der Waals surface area (Å²) in [7, 11) is 3.61. The van der Waals surface area contributed by atoms with Crippen LogP contribution in [0.25, 0.3) is 11.4 Å². The van der Waals surface area contributed by atoms with Crippen molar-refractivity contribution < 1.29 is 4.79 Å². The summed E-state index contributed by atoms with van der Waals surface area (Å²) < 4.78 is 1.84. The van der Waals surface area contributed by atoms with Crippen LogP contribution in [0.15, 0.2) is 29.4 Å². The van der Waals surface area contributed by atoms with Gasteiger partial charge in [0.1, 0.15) is 5.54 Å². The van der Waals surface area contributed by atoms with Crippen LogP contribution in [-0.2, 0) is 11.8 Å². The van der Waals surface area contributed by atoms with E-state index in [2.05, 4.69) is 16.3 Å². The first-order chi connectivity index (χ1) is 13.4. The van der Waals surface area contributed by atoms with E-state index in [1.54, 1.807) is 11.9 Å². The summed E-state index contributed by atoms with van der Waals surface area (Å²) in [5.74, 6) is 0.595. The van der Waals surface area contributed by atoms with Crippen molar-refractivity contribution in [3.63, 3.8) is 0 Å². The number of carbonyl (C=O) groups excluding carboxylic acids is 1. The van der Waals surface area contributed by atoms with E-state index in [1.807, 2.05) is 42.8 Å². The van der Waals surface area contributed by atoms with Crippen LogP contribution in [0.4, 0.5) is 0 Å². The molecule has 0 aliphatic heterocycles. The lowest BCUT2D eigenvalue weighted by molar-refractivity contribution is -0.133. The highest BCUT2D eigenvalue weighted by Crippen LogP contribution is 2.35. The van der Waals surface area contributed by atoms with Crippen LogP contribution in [-0.4, -0.2) is 43.4 Å². The predicted octanol–water partition coefficient (Wildman–Crippen LogP) is 4.30. The van der Waals surface area contributed by atoms with Crippen molar-refractivity contribution in [2.24, 2.45) is 7.05 Å². The molecule has 2 aromatic rings. The van der Waals surface area contributed by atoms with Gasteiger partial charge in [-0.2, -0.15) is 5.26 Å². The third kappa shape index (κ3) is 3.89. The first-order valence-corrected chi connectivity index (χ1v) is 10.7. The number of hydrogen-bond acceptors (Lipinski definition) is 5. The monoisotopic (exact) mass is 417 g/mol. The van der Waals surface area contributed by atoms with Crippen LogP contribution < -0.4 is 0 Å². The molecule has 0 spiro atoms. The Labute approximate surface area is 174 Å². The van der Waals surface area contributed by atoms with Crippen molar-refractivity contribution >= 4 is 29.3 Å². The van der Waals surface area contributed by atoms with E-state index in [-0.39, 0.29) is 11.2 Å². The summed E-state index contributed by atoms with van der Waals surface area (Å²) in [6.07, 6.45) is 4.57. The normalized spacial score (nSPS) is 17.0. The van der Waals surface area contributed by atoms with Gasteiger partial charge in [-0.1, -0.05) is 54.8 Å². The summed E-state index contributed by atoms with van der Waals surface area (Å²) in [4.78, 5) is 14.7. The lowest BCUT2D eigenvalue weighted by atomic mass is 9.81. The Morgan fingerprint density at radius 1 is 1.32 bits per heavy atom. The fraction of sp³-hybridized carbons (Fsp3) is 0.500. The number of thioether (sulfide) groups is 1. The van der Waals surface area contributed by atoms with Gasteiger partial charge >= 0.3 is 0 Å². The molecule has 0 bridgehead atoms. The minimum atomic E-state index is -0.688. The first-order valence-electron chi connectivity index (χ1n) is 9.39. The maximum atomic E-state index is 13.0. The summed E-state index contributed by atoms with van der Waals surface area (Å²) in [6, 6.07) is 9.87. The Hall–Kier alpha value is -2.04. The van der Waals surface area contributed by atoms with Gasteiger partial charge in [-0.3, -0.25) is 4.79 Å². The van der Waals surface area contributed by atoms with Crippen molar-refractivity contribution in [1.29, 1.82) is 5.26 Å². The Bertz CT molecular complexity index is 900. The first kappa shape index (κ1) is 20.7. The lowest BCUT2D eigenvalue weighted by Crippen LogP contribution is -2.52. The highest BCUT2D eigenvalue weighted by Gasteiger charge is 2.40. The molecule has 0 saturated heterocycles. The summed E-state index contributed by atoms with van der Waals surface area (Å²) in [5.41, 5.74) is 0.111. The van der Waals surface area contributed by atoms with E-state index in [9.17, 15) is 10.1 Å². The third-order valence-corrected chi connectivity index (χ3v) is 6.89. The number of nitriles is 1. The summed E-state index contributed by atoms with van der Waals surface area (Å²) in [5, 5.41) is 19.1. The van der Waals surface area contributed by atoms with Gasteiger partial charge in [-0.05, 0) is 31.9 Å². The minimum Gasteiger partial charge on any atom is -0.326 e. The van der Waals surface area contributed by atoms with Gasteiger partial charge in [-0.25, -0.2) is 0 Å². The number of benzene rings is 1. The summed E-state index contributed by atoms with van der Waals surface area (Å²) in [6.45, 7) is 1.85. The van der Waals surface area contributed by atoms with Crippen LogP contribution in [0.1, 0.15) is 39.0 Å². The standard InChI is InChI=1S/C20H24ClN5OS/c1-14(18(27)26(3)20(13-22)11-7-4-8-12-20)28-19-24-23-17(25(19)2)15-9-5-6-10-16(15)21/h5-6,9-10,14H,4,7-8,11-12H2,1-3H3/t14-/m1/s1. The third-order valence-electron chi connectivity index (χ3n) is 5.44. The van der Waals surface area contributed by atoms with Gasteiger partial charge in [0.15, 0.2) is 11.0 Å². The fourth-order valence-electron chi connectivity index (χ4n) is 3.65. The molecule has 0 N–H and O–H groups in total. The smallest absolute Gasteiger partial charge is 0.236 e. The van der Waals surface area contributed by atoms with E-state index >= 15 is 0 Å². The highest BCUT2D eigenvalue weighted by atomic mass is 35.5. The molecule has 6 nitrogen and oxygen atoms in total. The molecule has 1 aliphatic rings. The van der Waals surface area contributed by atoms with Gasteiger partial charge in [0.25, 0.3) is 0 Å². The fourth-order valence-corrected chi connectivity index (χ4v) is 4.77. The molecule has 1 saturated carbocycles. The minimum absolute atomic E-state index is 0.0595. The van der Waals surface area contributed by atoms with Crippen LogP contribution in [0.5, 0.6) is 0 Å². The molecule has 28 heavy (non-hydrogen) atoms. The number of hydrogen-bond donors (Lipinski definition) is 0. The maximum Gasteiger partial charge on any atom is 0.236 e. The number of halogens is 1. The Balaban J connectivity index is 1.76.